The van der Waals surface area contributed by atoms with Gasteiger partial charge < -0.3 is 9.47 Å². The number of nitrogens with zero attached hydrogens (tertiary/aromatic N) is 1. The number of rotatable bonds is 5. The predicted octanol–water partition coefficient (Wildman–Crippen LogP) is 7.32. The maximum absolute atomic E-state index is 12.6. The number of hydrogen-bond acceptors (Lipinski definition) is 3. The van der Waals surface area contributed by atoms with Gasteiger partial charge in [0.1, 0.15) is 23.1 Å². The van der Waals surface area contributed by atoms with Gasteiger partial charge in [-0.05, 0) is 78.1 Å². The Morgan fingerprint density at radius 3 is 2.52 bits per heavy atom. The van der Waals surface area contributed by atoms with Crippen LogP contribution in [0, 0.1) is 0 Å². The van der Waals surface area contributed by atoms with E-state index in [1.165, 1.54) is 0 Å². The Kier molecular flexibility index (Phi) is 7.19. The molecule has 0 unspecified atom stereocenters. The van der Waals surface area contributed by atoms with Gasteiger partial charge in [0, 0.05) is 6.20 Å². The molecule has 2 rings (SSSR count). The molecule has 3 nitrogen and oxygen atoms in total. The predicted molar refractivity (Wildman–Crippen MR) is 99.9 cm³/mol. The number of ether oxygens (including phenoxy) is 2. The lowest BCUT2D eigenvalue weighted by atomic mass is 10.3. The highest BCUT2D eigenvalue weighted by Gasteiger charge is 2.31. The highest BCUT2D eigenvalue weighted by Crippen LogP contribution is 2.37. The Morgan fingerprint density at radius 2 is 1.96 bits per heavy atom. The highest BCUT2D eigenvalue weighted by molar-refractivity contribution is 9.28. The maximum atomic E-state index is 12.6. The lowest BCUT2D eigenvalue weighted by Gasteiger charge is -2.12. The molecule has 0 amide bonds. The molecular weight excluding hydrogens is 558 g/mol. The van der Waals surface area contributed by atoms with E-state index in [0.717, 1.165) is 9.46 Å². The van der Waals surface area contributed by atoms with E-state index < -0.39 is 11.7 Å². The van der Waals surface area contributed by atoms with Gasteiger partial charge in [0.2, 0.25) is 5.88 Å². The minimum Gasteiger partial charge on any atom is -0.489 e. The molecule has 2 aromatic rings. The van der Waals surface area contributed by atoms with Crippen LogP contribution in [0.2, 0.25) is 5.02 Å². The lowest BCUT2D eigenvalue weighted by molar-refractivity contribution is -0.137. The van der Waals surface area contributed by atoms with E-state index in [2.05, 4.69) is 52.8 Å². The zero-order valence-corrected chi connectivity index (χ0v) is 17.6. The van der Waals surface area contributed by atoms with Crippen molar-refractivity contribution in [2.45, 2.75) is 6.18 Å². The molecule has 1 aromatic heterocycles. The summed E-state index contributed by atoms with van der Waals surface area (Å²) in [5.41, 5.74) is -0.946. The minimum atomic E-state index is -4.52. The molecule has 0 bridgehead atoms. The molecule has 1 aromatic carbocycles. The van der Waals surface area contributed by atoms with Crippen molar-refractivity contribution in [3.63, 3.8) is 0 Å². The minimum absolute atomic E-state index is 0.129. The van der Waals surface area contributed by atoms with Gasteiger partial charge in [-0.15, -0.1) is 0 Å². The molecule has 1 heterocycles. The number of aromatic nitrogens is 1. The second-order valence-corrected chi connectivity index (χ2v) is 8.54. The molecule has 25 heavy (non-hydrogen) atoms. The lowest BCUT2D eigenvalue weighted by Crippen LogP contribution is -2.05. The Labute approximate surface area is 171 Å². The van der Waals surface area contributed by atoms with Gasteiger partial charge in [-0.2, -0.15) is 13.2 Å². The zero-order valence-electron chi connectivity index (χ0n) is 12.1. The molecule has 0 atom stereocenters. The third kappa shape index (κ3) is 6.16. The summed E-state index contributed by atoms with van der Waals surface area (Å²) in [5, 5.41) is -0.241. The fraction of sp³-hybridized carbons (Fsp3) is 0.133. The first-order valence-corrected chi connectivity index (χ1v) is 9.26. The van der Waals surface area contributed by atoms with E-state index in [4.69, 9.17) is 21.1 Å². The van der Waals surface area contributed by atoms with Crippen molar-refractivity contribution in [1.82, 2.24) is 4.98 Å². The average molecular weight is 566 g/mol. The summed E-state index contributed by atoms with van der Waals surface area (Å²) < 4.78 is 50.1. The van der Waals surface area contributed by atoms with E-state index in [9.17, 15) is 13.2 Å². The highest BCUT2D eigenvalue weighted by atomic mass is 79.9. The van der Waals surface area contributed by atoms with Gasteiger partial charge in [-0.25, -0.2) is 4.98 Å². The van der Waals surface area contributed by atoms with Crippen molar-refractivity contribution in [1.29, 1.82) is 0 Å². The quantitative estimate of drug-likeness (QED) is 0.380. The van der Waals surface area contributed by atoms with Crippen LogP contribution in [0.15, 0.2) is 44.4 Å². The van der Waals surface area contributed by atoms with E-state index in [1.807, 2.05) is 0 Å². The molecule has 134 valence electrons. The van der Waals surface area contributed by atoms with Crippen molar-refractivity contribution in [3.8, 4) is 17.4 Å². The van der Waals surface area contributed by atoms with Gasteiger partial charge in [0.05, 0.1) is 13.4 Å². The molecule has 0 spiro atoms. The van der Waals surface area contributed by atoms with Gasteiger partial charge in [-0.3, -0.25) is 0 Å². The largest absolute Gasteiger partial charge is 0.489 e. The SMILES string of the molecule is FC(F)(F)c1cnc(Oc2ccc(OCC=C(Br)Br)cc2Br)c(Cl)c1. The molecule has 0 saturated carbocycles. The summed E-state index contributed by atoms with van der Waals surface area (Å²) in [5.74, 6) is 0.775. The van der Waals surface area contributed by atoms with Crippen LogP contribution in [0.1, 0.15) is 5.56 Å². The number of pyridine rings is 1. The molecule has 0 saturated heterocycles. The Hall–Kier alpha value is -0.770. The first-order chi connectivity index (χ1) is 11.7. The molecule has 0 fully saturated rings. The van der Waals surface area contributed by atoms with Crippen LogP contribution in [0.25, 0.3) is 0 Å². The second-order valence-electron chi connectivity index (χ2n) is 4.51. The van der Waals surface area contributed by atoms with E-state index >= 15 is 0 Å². The Balaban J connectivity index is 2.14. The molecule has 0 aliphatic rings. The summed E-state index contributed by atoms with van der Waals surface area (Å²) >= 11 is 15.6. The molecule has 10 heteroatoms. The summed E-state index contributed by atoms with van der Waals surface area (Å²) in [6.45, 7) is 0.338. The Bertz CT molecular complexity index is 796. The topological polar surface area (TPSA) is 31.4 Å². The third-order valence-corrected chi connectivity index (χ3v) is 4.27. The van der Waals surface area contributed by atoms with Crippen LogP contribution in [-0.4, -0.2) is 11.6 Å². The molecular formula is C15H8Br3ClF3NO2. The van der Waals surface area contributed by atoms with Crippen LogP contribution in [0.4, 0.5) is 13.2 Å². The molecule has 0 radical (unpaired) electrons. The average Bonchev–Trinajstić information content (AvgIpc) is 2.50. The van der Waals surface area contributed by atoms with Crippen molar-refractivity contribution >= 4 is 59.4 Å². The van der Waals surface area contributed by atoms with E-state index in [1.54, 1.807) is 24.3 Å². The summed E-state index contributed by atoms with van der Waals surface area (Å²) in [4.78, 5) is 3.63. The van der Waals surface area contributed by atoms with E-state index in [-0.39, 0.29) is 10.9 Å². The van der Waals surface area contributed by atoms with Crippen molar-refractivity contribution in [2.24, 2.45) is 0 Å². The van der Waals surface area contributed by atoms with Crippen LogP contribution in [0.5, 0.6) is 17.4 Å². The third-order valence-electron chi connectivity index (χ3n) is 2.73. The van der Waals surface area contributed by atoms with Gasteiger partial charge in [-0.1, -0.05) is 11.6 Å². The van der Waals surface area contributed by atoms with Crippen LogP contribution in [-0.2, 0) is 6.18 Å². The van der Waals surface area contributed by atoms with Gasteiger partial charge in [0.25, 0.3) is 0 Å². The van der Waals surface area contributed by atoms with Crippen molar-refractivity contribution < 1.29 is 22.6 Å². The zero-order chi connectivity index (χ0) is 18.6. The van der Waals surface area contributed by atoms with Crippen LogP contribution >= 0.6 is 59.4 Å². The maximum Gasteiger partial charge on any atom is 0.417 e. The van der Waals surface area contributed by atoms with Crippen LogP contribution in [0.3, 0.4) is 0 Å². The standard InChI is InChI=1S/C15H8Br3ClF3NO2/c16-10-6-9(24-4-3-13(17)18)1-2-12(10)25-14-11(19)5-8(7-23-14)15(20,21)22/h1-3,5-7H,4H2. The molecule has 0 aliphatic heterocycles. The first kappa shape index (κ1) is 20.5. The fourth-order valence-electron chi connectivity index (χ4n) is 1.61. The van der Waals surface area contributed by atoms with E-state index in [0.29, 0.717) is 28.8 Å². The Morgan fingerprint density at radius 1 is 1.24 bits per heavy atom. The second kappa shape index (κ2) is 8.75. The smallest absolute Gasteiger partial charge is 0.417 e. The fourth-order valence-corrected chi connectivity index (χ4v) is 2.52. The summed E-state index contributed by atoms with van der Waals surface area (Å²) in [7, 11) is 0. The number of alkyl halides is 3. The van der Waals surface area contributed by atoms with Crippen LogP contribution < -0.4 is 9.47 Å². The molecule has 0 N–H and O–H groups in total. The number of hydrogen-bond donors (Lipinski definition) is 0. The van der Waals surface area contributed by atoms with Gasteiger partial charge in [0.15, 0.2) is 0 Å². The van der Waals surface area contributed by atoms with Crippen molar-refractivity contribution in [3.05, 3.63) is 55.0 Å². The molecule has 0 aliphatic carbocycles. The number of benzene rings is 1. The summed E-state index contributed by atoms with van der Waals surface area (Å²) in [6.07, 6.45) is -2.09. The van der Waals surface area contributed by atoms with Gasteiger partial charge >= 0.3 is 6.18 Å². The number of halogens is 7. The monoisotopic (exact) mass is 563 g/mol. The first-order valence-electron chi connectivity index (χ1n) is 6.51. The normalized spacial score (nSPS) is 11.2. The van der Waals surface area contributed by atoms with Crippen molar-refractivity contribution in [2.75, 3.05) is 6.61 Å². The summed E-state index contributed by atoms with van der Waals surface area (Å²) in [6, 6.07) is 5.65.